The molecule has 0 aliphatic carbocycles. The Kier molecular flexibility index (Phi) is 6.10. The molecule has 3 aromatic rings. The van der Waals surface area contributed by atoms with Crippen LogP contribution in [-0.4, -0.2) is 19.1 Å². The topological polar surface area (TPSA) is 47.6 Å². The normalized spacial score (nSPS) is 11.5. The van der Waals surface area contributed by atoms with Gasteiger partial charge in [-0.1, -0.05) is 54.6 Å². The number of carbonyl (C=O) groups is 1. The molecule has 1 amide bonds. The zero-order valence-electron chi connectivity index (χ0n) is 15.5. The molecule has 0 aliphatic heterocycles. The molecule has 0 saturated heterocycles. The molecule has 0 fully saturated rings. The molecule has 4 heteroatoms. The highest BCUT2D eigenvalue weighted by molar-refractivity contribution is 5.80. The number of benzene rings is 3. The monoisotopic (exact) mass is 361 g/mol. The summed E-state index contributed by atoms with van der Waals surface area (Å²) in [7, 11) is 1.63. The molecule has 4 nitrogen and oxygen atoms in total. The maximum absolute atomic E-state index is 12.3. The average molecular weight is 361 g/mol. The summed E-state index contributed by atoms with van der Waals surface area (Å²) in [5, 5.41) is 2.89. The van der Waals surface area contributed by atoms with Crippen molar-refractivity contribution >= 4 is 5.91 Å². The summed E-state index contributed by atoms with van der Waals surface area (Å²) in [4.78, 5) is 12.3. The Bertz CT molecular complexity index is 858. The Morgan fingerprint density at radius 1 is 0.852 bits per heavy atom. The van der Waals surface area contributed by atoms with Gasteiger partial charge in [-0.25, -0.2) is 0 Å². The molecule has 0 aliphatic rings. The maximum Gasteiger partial charge on any atom is 0.261 e. The second kappa shape index (κ2) is 8.90. The van der Waals surface area contributed by atoms with Crippen LogP contribution in [0.15, 0.2) is 78.9 Å². The van der Waals surface area contributed by atoms with Crippen molar-refractivity contribution in [2.24, 2.45) is 0 Å². The van der Waals surface area contributed by atoms with Crippen LogP contribution in [-0.2, 0) is 11.3 Å². The van der Waals surface area contributed by atoms with Gasteiger partial charge in [0, 0.05) is 6.54 Å². The third kappa shape index (κ3) is 5.11. The molecule has 3 aromatic carbocycles. The summed E-state index contributed by atoms with van der Waals surface area (Å²) in [5.74, 6) is 1.31. The molecule has 0 saturated carbocycles. The van der Waals surface area contributed by atoms with E-state index in [2.05, 4.69) is 17.4 Å². The van der Waals surface area contributed by atoms with E-state index in [4.69, 9.17) is 9.47 Å². The molecule has 27 heavy (non-hydrogen) atoms. The summed E-state index contributed by atoms with van der Waals surface area (Å²) in [6.45, 7) is 2.19. The molecule has 0 heterocycles. The van der Waals surface area contributed by atoms with Crippen molar-refractivity contribution in [2.45, 2.75) is 19.6 Å². The Balaban J connectivity index is 1.53. The average Bonchev–Trinajstić information content (AvgIpc) is 2.73. The van der Waals surface area contributed by atoms with E-state index in [1.54, 1.807) is 14.0 Å². The van der Waals surface area contributed by atoms with Crippen LogP contribution in [0.5, 0.6) is 11.5 Å². The van der Waals surface area contributed by atoms with Crippen LogP contribution in [0, 0.1) is 0 Å². The number of methoxy groups -OCH3 is 1. The first kappa shape index (κ1) is 18.5. The van der Waals surface area contributed by atoms with Gasteiger partial charge in [-0.15, -0.1) is 0 Å². The molecule has 0 radical (unpaired) electrons. The van der Waals surface area contributed by atoms with E-state index in [-0.39, 0.29) is 5.91 Å². The van der Waals surface area contributed by atoms with Crippen molar-refractivity contribution < 1.29 is 14.3 Å². The summed E-state index contributed by atoms with van der Waals surface area (Å²) in [6, 6.07) is 25.5. The third-order valence-corrected chi connectivity index (χ3v) is 4.27. The van der Waals surface area contributed by atoms with Gasteiger partial charge in [0.2, 0.25) is 0 Å². The molecular formula is C23H23NO3. The molecule has 1 N–H and O–H groups in total. The Labute approximate surface area is 159 Å². The summed E-state index contributed by atoms with van der Waals surface area (Å²) in [5.41, 5.74) is 3.26. The number of carbonyl (C=O) groups excluding carboxylic acids is 1. The predicted octanol–water partition coefficient (Wildman–Crippen LogP) is 4.45. The van der Waals surface area contributed by atoms with Crippen LogP contribution in [0.25, 0.3) is 11.1 Å². The van der Waals surface area contributed by atoms with Crippen LogP contribution < -0.4 is 14.8 Å². The van der Waals surface area contributed by atoms with Crippen molar-refractivity contribution in [1.29, 1.82) is 0 Å². The van der Waals surface area contributed by atoms with Gasteiger partial charge in [0.25, 0.3) is 5.91 Å². The Morgan fingerprint density at radius 3 is 2.07 bits per heavy atom. The van der Waals surface area contributed by atoms with Gasteiger partial charge in [-0.3, -0.25) is 4.79 Å². The zero-order valence-corrected chi connectivity index (χ0v) is 15.5. The summed E-state index contributed by atoms with van der Waals surface area (Å²) >= 11 is 0. The van der Waals surface area contributed by atoms with E-state index < -0.39 is 6.10 Å². The fraction of sp³-hybridized carbons (Fsp3) is 0.174. The predicted molar refractivity (Wildman–Crippen MR) is 107 cm³/mol. The number of nitrogens with one attached hydrogen (secondary N) is 1. The first-order valence-corrected chi connectivity index (χ1v) is 8.88. The molecule has 0 unspecified atom stereocenters. The highest BCUT2D eigenvalue weighted by Crippen LogP contribution is 2.22. The lowest BCUT2D eigenvalue weighted by atomic mass is 10.1. The number of hydrogen-bond acceptors (Lipinski definition) is 3. The maximum atomic E-state index is 12.3. The van der Waals surface area contributed by atoms with Crippen molar-refractivity contribution in [3.05, 3.63) is 84.4 Å². The fourth-order valence-electron chi connectivity index (χ4n) is 2.69. The largest absolute Gasteiger partial charge is 0.497 e. The minimum Gasteiger partial charge on any atom is -0.497 e. The molecule has 1 atom stereocenters. The number of hydrogen-bond donors (Lipinski definition) is 1. The molecule has 3 rings (SSSR count). The standard InChI is InChI=1S/C23H23NO3/c1-17(23(25)24-16-18-8-12-21(26-2)13-9-18)27-22-14-10-20(11-15-22)19-6-4-3-5-7-19/h3-15,17H,16H2,1-2H3,(H,24,25)/t17-/m1/s1. The summed E-state index contributed by atoms with van der Waals surface area (Å²) < 4.78 is 10.9. The van der Waals surface area contributed by atoms with E-state index in [9.17, 15) is 4.79 Å². The SMILES string of the molecule is COc1ccc(CNC(=O)[C@@H](C)Oc2ccc(-c3ccccc3)cc2)cc1. The van der Waals surface area contributed by atoms with Crippen LogP contribution in [0.1, 0.15) is 12.5 Å². The molecule has 138 valence electrons. The van der Waals surface area contributed by atoms with Crippen LogP contribution in [0.3, 0.4) is 0 Å². The van der Waals surface area contributed by atoms with Gasteiger partial charge in [-0.05, 0) is 47.9 Å². The Hall–Kier alpha value is -3.27. The van der Waals surface area contributed by atoms with Crippen molar-refractivity contribution in [1.82, 2.24) is 5.32 Å². The van der Waals surface area contributed by atoms with Crippen LogP contribution in [0.2, 0.25) is 0 Å². The minimum absolute atomic E-state index is 0.155. The second-order valence-electron chi connectivity index (χ2n) is 6.22. The first-order chi connectivity index (χ1) is 13.2. The van der Waals surface area contributed by atoms with Gasteiger partial charge < -0.3 is 14.8 Å². The van der Waals surface area contributed by atoms with Crippen molar-refractivity contribution in [3.63, 3.8) is 0 Å². The van der Waals surface area contributed by atoms with Crippen LogP contribution in [0.4, 0.5) is 0 Å². The van der Waals surface area contributed by atoms with Gasteiger partial charge in [0.15, 0.2) is 6.10 Å². The molecule has 0 bridgehead atoms. The second-order valence-corrected chi connectivity index (χ2v) is 6.22. The first-order valence-electron chi connectivity index (χ1n) is 8.88. The highest BCUT2D eigenvalue weighted by atomic mass is 16.5. The highest BCUT2D eigenvalue weighted by Gasteiger charge is 2.14. The lowest BCUT2D eigenvalue weighted by molar-refractivity contribution is -0.127. The number of amides is 1. The zero-order chi connectivity index (χ0) is 19.1. The third-order valence-electron chi connectivity index (χ3n) is 4.27. The van der Waals surface area contributed by atoms with Crippen molar-refractivity contribution in [3.8, 4) is 22.6 Å². The lowest BCUT2D eigenvalue weighted by Crippen LogP contribution is -2.35. The van der Waals surface area contributed by atoms with Gasteiger partial charge in [0.05, 0.1) is 7.11 Å². The Morgan fingerprint density at radius 2 is 1.44 bits per heavy atom. The van der Waals surface area contributed by atoms with Gasteiger partial charge in [-0.2, -0.15) is 0 Å². The van der Waals surface area contributed by atoms with Gasteiger partial charge >= 0.3 is 0 Å². The summed E-state index contributed by atoms with van der Waals surface area (Å²) in [6.07, 6.45) is -0.578. The molecular weight excluding hydrogens is 338 g/mol. The smallest absolute Gasteiger partial charge is 0.261 e. The van der Waals surface area contributed by atoms with E-state index in [1.165, 1.54) is 0 Å². The van der Waals surface area contributed by atoms with E-state index >= 15 is 0 Å². The van der Waals surface area contributed by atoms with Crippen LogP contribution >= 0.6 is 0 Å². The van der Waals surface area contributed by atoms with Gasteiger partial charge in [0.1, 0.15) is 11.5 Å². The van der Waals surface area contributed by atoms with E-state index in [0.29, 0.717) is 12.3 Å². The number of rotatable bonds is 7. The molecule has 0 aromatic heterocycles. The van der Waals surface area contributed by atoms with Crippen molar-refractivity contribution in [2.75, 3.05) is 7.11 Å². The quantitative estimate of drug-likeness (QED) is 0.676. The minimum atomic E-state index is -0.578. The lowest BCUT2D eigenvalue weighted by Gasteiger charge is -2.15. The van der Waals surface area contributed by atoms with E-state index in [0.717, 1.165) is 22.4 Å². The fourth-order valence-corrected chi connectivity index (χ4v) is 2.69. The van der Waals surface area contributed by atoms with E-state index in [1.807, 2.05) is 66.7 Å². The number of ether oxygens (including phenoxy) is 2. The molecule has 0 spiro atoms.